The third-order valence-corrected chi connectivity index (χ3v) is 16.4. The summed E-state index contributed by atoms with van der Waals surface area (Å²) in [4.78, 5) is 49.1. The number of fused-ring (bicyclic) bond motifs is 7. The van der Waals surface area contributed by atoms with Crippen LogP contribution in [0.15, 0.2) is 36.4 Å². The Balaban J connectivity index is 1.12. The van der Waals surface area contributed by atoms with Gasteiger partial charge in [-0.15, -0.1) is 0 Å². The lowest BCUT2D eigenvalue weighted by atomic mass is 9.53. The maximum absolute atomic E-state index is 15.4. The van der Waals surface area contributed by atoms with Crippen molar-refractivity contribution in [3.63, 3.8) is 0 Å². The summed E-state index contributed by atoms with van der Waals surface area (Å²) in [6, 6.07) is 12.2. The highest BCUT2D eigenvalue weighted by molar-refractivity contribution is 7.87. The number of nitrogens with one attached hydrogen (secondary N) is 1. The topological polar surface area (TPSA) is 124 Å². The van der Waals surface area contributed by atoms with Gasteiger partial charge in [0.05, 0.1) is 18.2 Å². The van der Waals surface area contributed by atoms with Gasteiger partial charge in [-0.05, 0) is 107 Å². The van der Waals surface area contributed by atoms with Crippen molar-refractivity contribution < 1.29 is 27.5 Å². The summed E-state index contributed by atoms with van der Waals surface area (Å²) in [6.45, 7) is 11.5. The van der Waals surface area contributed by atoms with E-state index in [2.05, 4.69) is 58.9 Å². The molecule has 4 atom stereocenters. The molecule has 1 aromatic heterocycles. The van der Waals surface area contributed by atoms with Crippen LogP contribution >= 0.6 is 0 Å². The summed E-state index contributed by atoms with van der Waals surface area (Å²) in [7, 11) is 0.454. The van der Waals surface area contributed by atoms with Gasteiger partial charge in [-0.25, -0.2) is 9.52 Å². The van der Waals surface area contributed by atoms with Gasteiger partial charge in [-0.1, -0.05) is 25.3 Å². The fourth-order valence-electron chi connectivity index (χ4n) is 12.0. The van der Waals surface area contributed by atoms with Gasteiger partial charge in [-0.2, -0.15) is 12.7 Å². The first-order valence-electron chi connectivity index (χ1n) is 21.0. The molecule has 3 aliphatic carbocycles. The van der Waals surface area contributed by atoms with Crippen LogP contribution in [0.2, 0.25) is 0 Å². The Kier molecular flexibility index (Phi) is 8.90. The van der Waals surface area contributed by atoms with Gasteiger partial charge in [0.15, 0.2) is 0 Å². The largest absolute Gasteiger partial charge is 0.497 e. The molecular formula is C44H58N6O6S. The molecule has 13 heteroatoms. The summed E-state index contributed by atoms with van der Waals surface area (Å²) in [5, 5.41) is 1.06. The van der Waals surface area contributed by atoms with Gasteiger partial charge in [-0.3, -0.25) is 9.59 Å². The lowest BCUT2D eigenvalue weighted by Crippen LogP contribution is -2.50. The van der Waals surface area contributed by atoms with Crippen molar-refractivity contribution in [3.05, 3.63) is 53.1 Å². The zero-order chi connectivity index (χ0) is 40.4. The van der Waals surface area contributed by atoms with E-state index in [4.69, 9.17) is 4.74 Å². The van der Waals surface area contributed by atoms with E-state index in [0.29, 0.717) is 45.1 Å². The second kappa shape index (κ2) is 13.2. The number of ether oxygens (including phenoxy) is 1. The zero-order valence-corrected chi connectivity index (χ0v) is 35.4. The minimum atomic E-state index is -4.00. The number of hydrogen-bond donors (Lipinski definition) is 1. The lowest BCUT2D eigenvalue weighted by molar-refractivity contribution is -0.137. The number of amides is 4. The van der Waals surface area contributed by atoms with E-state index in [1.807, 2.05) is 23.1 Å². The van der Waals surface area contributed by atoms with E-state index in [9.17, 15) is 18.0 Å². The molecule has 2 aromatic carbocycles. The molecule has 2 saturated heterocycles. The number of benzene rings is 2. The molecular weight excluding hydrogens is 741 g/mol. The van der Waals surface area contributed by atoms with Crippen LogP contribution in [0.1, 0.15) is 112 Å². The Labute approximate surface area is 337 Å². The quantitative estimate of drug-likeness (QED) is 0.276. The van der Waals surface area contributed by atoms with Crippen molar-refractivity contribution in [2.75, 3.05) is 47.4 Å². The molecule has 3 aromatic rings. The number of hydrogen-bond acceptors (Lipinski definition) is 6. The Hall–Kier alpha value is -4.10. The predicted molar refractivity (Wildman–Crippen MR) is 219 cm³/mol. The SMILES string of the molecule is COc1ccc2c(c1)[C@@H]1C[C@]1(C(=O)N1CC34CCC3(CN(C(=O)N(C(C)C)C(C)C)C4)C1)Cn1c-2c(C2CCCCC2)c2ccc(C(=O)NS(=O)(=O)N(C)C)cc21. The van der Waals surface area contributed by atoms with E-state index in [1.165, 1.54) is 26.1 Å². The minimum Gasteiger partial charge on any atom is -0.497 e. The molecule has 2 unspecified atom stereocenters. The molecule has 0 bridgehead atoms. The van der Waals surface area contributed by atoms with Crippen LogP contribution in [0.25, 0.3) is 22.2 Å². The number of urea groups is 1. The molecule has 3 saturated carbocycles. The average molecular weight is 799 g/mol. The highest BCUT2D eigenvalue weighted by Gasteiger charge is 2.72. The normalized spacial score (nSPS) is 27.7. The van der Waals surface area contributed by atoms with Crippen LogP contribution < -0.4 is 9.46 Å². The molecule has 306 valence electrons. The highest BCUT2D eigenvalue weighted by atomic mass is 32.2. The third kappa shape index (κ3) is 5.68. The van der Waals surface area contributed by atoms with Crippen molar-refractivity contribution in [1.82, 2.24) is 28.3 Å². The van der Waals surface area contributed by atoms with E-state index in [1.54, 1.807) is 13.2 Å². The maximum Gasteiger partial charge on any atom is 0.320 e. The summed E-state index contributed by atoms with van der Waals surface area (Å²) in [5.41, 5.74) is 4.86. The number of carbonyl (C=O) groups is 3. The van der Waals surface area contributed by atoms with Gasteiger partial charge < -0.3 is 24.0 Å². The van der Waals surface area contributed by atoms with Crippen molar-refractivity contribution in [1.29, 1.82) is 0 Å². The number of carbonyl (C=O) groups excluding carboxylic acids is 3. The fraction of sp³-hybridized carbons (Fsp3) is 0.614. The van der Waals surface area contributed by atoms with Gasteiger partial charge in [0, 0.05) is 97.7 Å². The van der Waals surface area contributed by atoms with Crippen LogP contribution in [0.4, 0.5) is 4.79 Å². The maximum atomic E-state index is 15.4. The summed E-state index contributed by atoms with van der Waals surface area (Å²) < 4.78 is 36.7. The van der Waals surface area contributed by atoms with Crippen LogP contribution in [0.5, 0.6) is 5.75 Å². The Morgan fingerprint density at radius 3 is 2.11 bits per heavy atom. The Bertz CT molecular complexity index is 2270. The molecule has 4 heterocycles. The van der Waals surface area contributed by atoms with E-state index in [0.717, 1.165) is 76.3 Å². The molecule has 57 heavy (non-hydrogen) atoms. The summed E-state index contributed by atoms with van der Waals surface area (Å²) in [5.74, 6) is 0.573. The highest BCUT2D eigenvalue weighted by Crippen LogP contribution is 2.70. The monoisotopic (exact) mass is 798 g/mol. The molecule has 1 N–H and O–H groups in total. The third-order valence-electron chi connectivity index (χ3n) is 15.0. The Morgan fingerprint density at radius 2 is 1.51 bits per heavy atom. The first-order valence-corrected chi connectivity index (χ1v) is 22.4. The van der Waals surface area contributed by atoms with Crippen molar-refractivity contribution in [2.24, 2.45) is 16.2 Å². The number of aromatic nitrogens is 1. The lowest BCUT2D eigenvalue weighted by Gasteiger charge is -2.48. The van der Waals surface area contributed by atoms with E-state index >= 15 is 4.79 Å². The van der Waals surface area contributed by atoms with Gasteiger partial charge in [0.2, 0.25) is 5.91 Å². The standard InChI is InChI=1S/C44H58N6O6S/c1-27(2)50(28(3)4)41(53)48-24-42-17-18-43(42,25-48)23-47(22-42)40(52)44-21-35(44)34-20-31(56-7)14-16-32(34)38-37(29-11-9-8-10-12-29)33-15-13-30(19-36(33)49(38)26-44)39(51)45-57(54,55)46(5)6/h13-16,19-20,27-29,35H,8-12,17-18,21-26H2,1-7H3,(H,45,51)/t35-,42?,43?,44-/m0/s1. The van der Waals surface area contributed by atoms with Crippen LogP contribution in [0.3, 0.4) is 0 Å². The fourth-order valence-corrected chi connectivity index (χ4v) is 12.5. The summed E-state index contributed by atoms with van der Waals surface area (Å²) >= 11 is 0. The van der Waals surface area contributed by atoms with E-state index < -0.39 is 21.5 Å². The zero-order valence-electron chi connectivity index (χ0n) is 34.6. The van der Waals surface area contributed by atoms with Gasteiger partial charge >= 0.3 is 16.2 Å². The smallest absolute Gasteiger partial charge is 0.320 e. The number of likely N-dealkylation sites (tertiary alicyclic amines) is 2. The predicted octanol–water partition coefficient (Wildman–Crippen LogP) is 6.55. The molecule has 5 fully saturated rings. The second-order valence-electron chi connectivity index (χ2n) is 19.0. The van der Waals surface area contributed by atoms with Crippen molar-refractivity contribution in [3.8, 4) is 17.0 Å². The molecule has 6 aliphatic rings. The molecule has 12 nitrogen and oxygen atoms in total. The van der Waals surface area contributed by atoms with Crippen LogP contribution in [0, 0.1) is 16.2 Å². The van der Waals surface area contributed by atoms with Gasteiger partial charge in [0.1, 0.15) is 5.75 Å². The first-order chi connectivity index (χ1) is 27.0. The number of methoxy groups -OCH3 is 1. The van der Waals surface area contributed by atoms with Crippen LogP contribution in [-0.2, 0) is 21.5 Å². The first kappa shape index (κ1) is 38.4. The molecule has 0 radical (unpaired) electrons. The van der Waals surface area contributed by atoms with Crippen molar-refractivity contribution in [2.45, 2.75) is 110 Å². The number of nitrogens with zero attached hydrogens (tertiary/aromatic N) is 5. The Morgan fingerprint density at radius 1 is 0.860 bits per heavy atom. The average Bonchev–Trinajstić information content (AvgIpc) is 3.71. The minimum absolute atomic E-state index is 0.00205. The summed E-state index contributed by atoms with van der Waals surface area (Å²) in [6.07, 6.45) is 8.39. The molecule has 9 rings (SSSR count). The second-order valence-corrected chi connectivity index (χ2v) is 20.8. The van der Waals surface area contributed by atoms with Gasteiger partial charge in [0.25, 0.3) is 5.91 Å². The number of rotatable bonds is 8. The van der Waals surface area contributed by atoms with Crippen molar-refractivity contribution >= 4 is 39.0 Å². The molecule has 4 amide bonds. The van der Waals surface area contributed by atoms with Crippen LogP contribution in [-0.4, -0.2) is 109 Å². The molecule has 0 spiro atoms. The van der Waals surface area contributed by atoms with E-state index in [-0.39, 0.29) is 46.3 Å². The molecule has 3 aliphatic heterocycles.